The van der Waals surface area contributed by atoms with Gasteiger partial charge in [-0.25, -0.2) is 4.98 Å². The van der Waals surface area contributed by atoms with Crippen LogP contribution in [-0.2, 0) is 14.3 Å². The Hall–Kier alpha value is -1.60. The maximum absolute atomic E-state index is 12.1. The fraction of sp³-hybridized carbons (Fsp3) is 0.562. The van der Waals surface area contributed by atoms with E-state index in [4.69, 9.17) is 4.74 Å². The molecular formula is C16H21N3O3S. The number of rotatable bonds is 6. The number of thioether (sulfide) groups is 1. The Morgan fingerprint density at radius 2 is 2.43 bits per heavy atom. The van der Waals surface area contributed by atoms with E-state index in [1.54, 1.807) is 11.1 Å². The summed E-state index contributed by atoms with van der Waals surface area (Å²) in [6.07, 6.45) is 5.05. The zero-order chi connectivity index (χ0) is 16.1. The highest BCUT2D eigenvalue weighted by Crippen LogP contribution is 2.33. The molecule has 0 bridgehead atoms. The van der Waals surface area contributed by atoms with Gasteiger partial charge in [0.1, 0.15) is 5.03 Å². The van der Waals surface area contributed by atoms with E-state index in [-0.39, 0.29) is 17.9 Å². The van der Waals surface area contributed by atoms with Gasteiger partial charge in [0.05, 0.1) is 17.5 Å². The smallest absolute Gasteiger partial charge is 0.237 e. The highest BCUT2D eigenvalue weighted by molar-refractivity contribution is 8.00. The number of ether oxygens (including phenoxy) is 1. The van der Waals surface area contributed by atoms with Crippen LogP contribution in [0, 0.1) is 0 Å². The monoisotopic (exact) mass is 335 g/mol. The third kappa shape index (κ3) is 4.23. The summed E-state index contributed by atoms with van der Waals surface area (Å²) in [6.45, 7) is 1.93. The summed E-state index contributed by atoms with van der Waals surface area (Å²) < 4.78 is 5.48. The summed E-state index contributed by atoms with van der Waals surface area (Å²) >= 11 is 1.47. The zero-order valence-corrected chi connectivity index (χ0v) is 13.8. The first kappa shape index (κ1) is 16.3. The molecule has 1 fully saturated rings. The molecule has 2 aliphatic rings. The predicted molar refractivity (Wildman–Crippen MR) is 88.5 cm³/mol. The predicted octanol–water partition coefficient (Wildman–Crippen LogP) is 1.60. The Labute approximate surface area is 140 Å². The van der Waals surface area contributed by atoms with Crippen molar-refractivity contribution in [1.82, 2.24) is 10.3 Å². The molecule has 7 heteroatoms. The van der Waals surface area contributed by atoms with Crippen molar-refractivity contribution < 1.29 is 14.3 Å². The molecule has 0 saturated carbocycles. The molecule has 3 rings (SSSR count). The molecule has 1 N–H and O–H groups in total. The molecule has 0 spiro atoms. The number of anilines is 1. The van der Waals surface area contributed by atoms with Crippen molar-refractivity contribution in [3.05, 3.63) is 18.3 Å². The van der Waals surface area contributed by atoms with E-state index in [0.717, 1.165) is 30.2 Å². The molecule has 0 unspecified atom stereocenters. The summed E-state index contributed by atoms with van der Waals surface area (Å²) in [6, 6.07) is 3.74. The van der Waals surface area contributed by atoms with Gasteiger partial charge < -0.3 is 15.0 Å². The summed E-state index contributed by atoms with van der Waals surface area (Å²) in [5.41, 5.74) is 0.855. The van der Waals surface area contributed by atoms with Crippen LogP contribution in [-0.4, -0.2) is 48.4 Å². The topological polar surface area (TPSA) is 71.5 Å². The van der Waals surface area contributed by atoms with Crippen LogP contribution in [0.4, 0.5) is 5.69 Å². The molecule has 1 atom stereocenters. The SMILES string of the molecule is O=C(CCCN1C(=O)CSc2ncccc21)NC[C@@H]1CCCO1. The van der Waals surface area contributed by atoms with Gasteiger partial charge in [-0.2, -0.15) is 0 Å². The number of carbonyl (C=O) groups is 2. The molecule has 23 heavy (non-hydrogen) atoms. The third-order valence-electron chi connectivity index (χ3n) is 4.01. The van der Waals surface area contributed by atoms with Crippen molar-refractivity contribution in [2.45, 2.75) is 36.8 Å². The quantitative estimate of drug-likeness (QED) is 0.855. The average Bonchev–Trinajstić information content (AvgIpc) is 3.08. The van der Waals surface area contributed by atoms with E-state index in [2.05, 4.69) is 10.3 Å². The largest absolute Gasteiger partial charge is 0.376 e. The minimum Gasteiger partial charge on any atom is -0.376 e. The van der Waals surface area contributed by atoms with Crippen LogP contribution in [0.15, 0.2) is 23.4 Å². The minimum atomic E-state index is 0.0192. The number of fused-ring (bicyclic) bond motifs is 1. The Bertz CT molecular complexity index is 575. The zero-order valence-electron chi connectivity index (χ0n) is 13.0. The molecule has 6 nitrogen and oxygen atoms in total. The van der Waals surface area contributed by atoms with E-state index in [1.807, 2.05) is 12.1 Å². The van der Waals surface area contributed by atoms with Crippen LogP contribution in [0.2, 0.25) is 0 Å². The second-order valence-electron chi connectivity index (χ2n) is 5.70. The highest BCUT2D eigenvalue weighted by Gasteiger charge is 2.25. The number of hydrogen-bond acceptors (Lipinski definition) is 5. The number of carbonyl (C=O) groups excluding carboxylic acids is 2. The van der Waals surface area contributed by atoms with Gasteiger partial charge in [0.25, 0.3) is 0 Å². The average molecular weight is 335 g/mol. The van der Waals surface area contributed by atoms with E-state index in [1.165, 1.54) is 11.8 Å². The Morgan fingerprint density at radius 3 is 3.26 bits per heavy atom. The fourth-order valence-electron chi connectivity index (χ4n) is 2.81. The lowest BCUT2D eigenvalue weighted by Gasteiger charge is -2.28. The van der Waals surface area contributed by atoms with Gasteiger partial charge >= 0.3 is 0 Å². The molecule has 3 heterocycles. The lowest BCUT2D eigenvalue weighted by atomic mass is 10.2. The summed E-state index contributed by atoms with van der Waals surface area (Å²) in [5, 5.41) is 3.79. The van der Waals surface area contributed by atoms with Gasteiger partial charge in [0.2, 0.25) is 11.8 Å². The van der Waals surface area contributed by atoms with Crippen LogP contribution < -0.4 is 10.2 Å². The van der Waals surface area contributed by atoms with Crippen molar-refractivity contribution >= 4 is 29.3 Å². The number of aromatic nitrogens is 1. The van der Waals surface area contributed by atoms with Gasteiger partial charge in [0.15, 0.2) is 0 Å². The number of hydrogen-bond donors (Lipinski definition) is 1. The molecule has 0 aromatic carbocycles. The molecule has 1 aromatic heterocycles. The Kier molecular flexibility index (Phi) is 5.51. The van der Waals surface area contributed by atoms with Crippen LogP contribution in [0.5, 0.6) is 0 Å². The lowest BCUT2D eigenvalue weighted by Crippen LogP contribution is -2.37. The summed E-state index contributed by atoms with van der Waals surface area (Å²) in [5.74, 6) is 0.510. The first-order valence-corrected chi connectivity index (χ1v) is 8.99. The third-order valence-corrected chi connectivity index (χ3v) is 4.99. The fourth-order valence-corrected chi connectivity index (χ4v) is 3.68. The molecule has 1 saturated heterocycles. The second-order valence-corrected chi connectivity index (χ2v) is 6.67. The number of amides is 2. The van der Waals surface area contributed by atoms with E-state index in [9.17, 15) is 9.59 Å². The van der Waals surface area contributed by atoms with Gasteiger partial charge in [0, 0.05) is 32.3 Å². The maximum Gasteiger partial charge on any atom is 0.237 e. The van der Waals surface area contributed by atoms with Crippen LogP contribution in [0.1, 0.15) is 25.7 Å². The van der Waals surface area contributed by atoms with E-state index >= 15 is 0 Å². The van der Waals surface area contributed by atoms with Crippen molar-refractivity contribution in [3.63, 3.8) is 0 Å². The van der Waals surface area contributed by atoms with E-state index in [0.29, 0.717) is 31.7 Å². The maximum atomic E-state index is 12.1. The van der Waals surface area contributed by atoms with Crippen LogP contribution >= 0.6 is 11.8 Å². The molecule has 1 aromatic rings. The standard InChI is InChI=1S/C16H21N3O3S/c20-14(18-10-12-4-3-9-22-12)6-2-8-19-13-5-1-7-17-16(13)23-11-15(19)21/h1,5,7,12H,2-4,6,8-11H2,(H,18,20)/t12-/m0/s1. The Morgan fingerprint density at radius 1 is 1.52 bits per heavy atom. The number of pyridine rings is 1. The molecular weight excluding hydrogens is 314 g/mol. The number of nitrogens with one attached hydrogen (secondary N) is 1. The number of nitrogens with zero attached hydrogens (tertiary/aromatic N) is 2. The van der Waals surface area contributed by atoms with Crippen LogP contribution in [0.25, 0.3) is 0 Å². The molecule has 2 aliphatic heterocycles. The Balaban J connectivity index is 1.44. The van der Waals surface area contributed by atoms with Gasteiger partial charge in [-0.3, -0.25) is 9.59 Å². The minimum absolute atomic E-state index is 0.0192. The first-order valence-electron chi connectivity index (χ1n) is 8.00. The summed E-state index contributed by atoms with van der Waals surface area (Å²) in [4.78, 5) is 30.0. The summed E-state index contributed by atoms with van der Waals surface area (Å²) in [7, 11) is 0. The second kappa shape index (κ2) is 7.79. The normalized spacial score (nSPS) is 20.4. The van der Waals surface area contributed by atoms with Gasteiger partial charge in [-0.1, -0.05) is 11.8 Å². The molecule has 0 aliphatic carbocycles. The van der Waals surface area contributed by atoms with Crippen molar-refractivity contribution in [2.75, 3.05) is 30.3 Å². The van der Waals surface area contributed by atoms with Crippen LogP contribution in [0.3, 0.4) is 0 Å². The first-order chi connectivity index (χ1) is 11.2. The highest BCUT2D eigenvalue weighted by atomic mass is 32.2. The van der Waals surface area contributed by atoms with E-state index < -0.39 is 0 Å². The lowest BCUT2D eigenvalue weighted by molar-refractivity contribution is -0.122. The molecule has 124 valence electrons. The van der Waals surface area contributed by atoms with Crippen molar-refractivity contribution in [2.24, 2.45) is 0 Å². The van der Waals surface area contributed by atoms with Crippen molar-refractivity contribution in [1.29, 1.82) is 0 Å². The van der Waals surface area contributed by atoms with Gasteiger partial charge in [-0.05, 0) is 31.4 Å². The molecule has 0 radical (unpaired) electrons. The van der Waals surface area contributed by atoms with Crippen molar-refractivity contribution in [3.8, 4) is 0 Å². The van der Waals surface area contributed by atoms with Gasteiger partial charge in [-0.15, -0.1) is 0 Å². The molecule has 2 amide bonds.